The first-order valence-corrected chi connectivity index (χ1v) is 8.33. The van der Waals surface area contributed by atoms with Crippen molar-refractivity contribution in [2.24, 2.45) is 5.92 Å². The Morgan fingerprint density at radius 2 is 2.19 bits per heavy atom. The van der Waals surface area contributed by atoms with Crippen LogP contribution in [0.3, 0.4) is 0 Å². The van der Waals surface area contributed by atoms with Crippen molar-refractivity contribution in [3.8, 4) is 0 Å². The van der Waals surface area contributed by atoms with E-state index >= 15 is 0 Å². The number of hydrogen-bond donors (Lipinski definition) is 3. The van der Waals surface area contributed by atoms with Crippen molar-refractivity contribution < 1.29 is 14.3 Å². The summed E-state index contributed by atoms with van der Waals surface area (Å²) in [5, 5.41) is 12.7. The summed E-state index contributed by atoms with van der Waals surface area (Å²) in [4.78, 5) is 32.0. The second-order valence-corrected chi connectivity index (χ2v) is 6.17. The van der Waals surface area contributed by atoms with Crippen LogP contribution in [0.2, 0.25) is 0 Å². The molecule has 0 aliphatic heterocycles. The van der Waals surface area contributed by atoms with Gasteiger partial charge in [0.2, 0.25) is 11.7 Å². The fraction of sp³-hybridized carbons (Fsp3) is 0.263. The lowest BCUT2D eigenvalue weighted by Gasteiger charge is -2.13. The van der Waals surface area contributed by atoms with Crippen molar-refractivity contribution in [2.45, 2.75) is 20.3 Å². The summed E-state index contributed by atoms with van der Waals surface area (Å²) < 4.78 is 4.80. The molecule has 0 radical (unpaired) electrons. The molecule has 1 atom stereocenters. The highest BCUT2D eigenvalue weighted by Crippen LogP contribution is 2.29. The quantitative estimate of drug-likeness (QED) is 0.360. The monoisotopic (exact) mass is 352 g/mol. The van der Waals surface area contributed by atoms with Gasteiger partial charge in [-0.25, -0.2) is 0 Å². The third kappa shape index (κ3) is 3.03. The molecule has 3 rings (SSSR count). The molecule has 0 saturated heterocycles. The second kappa shape index (κ2) is 6.95. The van der Waals surface area contributed by atoms with Gasteiger partial charge in [0.25, 0.3) is 0 Å². The number of benzene rings is 1. The maximum Gasteiger partial charge on any atom is 0.227 e. The maximum atomic E-state index is 12.3. The SMILES string of the molecule is CC[C@H](C)C(=O)Nc1cc(=N)c2ncc3cc(C(=O)C=COC)[nH]c1c32. The summed E-state index contributed by atoms with van der Waals surface area (Å²) >= 11 is 0. The third-order valence-corrected chi connectivity index (χ3v) is 4.42. The van der Waals surface area contributed by atoms with Gasteiger partial charge in [-0.2, -0.15) is 0 Å². The van der Waals surface area contributed by atoms with Gasteiger partial charge in [0.15, 0.2) is 0 Å². The highest BCUT2D eigenvalue weighted by atomic mass is 16.5. The lowest BCUT2D eigenvalue weighted by Crippen LogP contribution is -2.21. The van der Waals surface area contributed by atoms with E-state index in [9.17, 15) is 9.59 Å². The van der Waals surface area contributed by atoms with Crippen molar-refractivity contribution in [1.82, 2.24) is 9.97 Å². The first-order valence-electron chi connectivity index (χ1n) is 8.33. The number of ketones is 1. The molecular formula is C19H20N4O3. The number of pyridine rings is 1. The molecule has 0 fully saturated rings. The van der Waals surface area contributed by atoms with Crippen LogP contribution >= 0.6 is 0 Å². The van der Waals surface area contributed by atoms with Crippen LogP contribution in [0.5, 0.6) is 0 Å². The lowest BCUT2D eigenvalue weighted by molar-refractivity contribution is -0.119. The van der Waals surface area contributed by atoms with Crippen LogP contribution in [-0.2, 0) is 9.53 Å². The van der Waals surface area contributed by atoms with E-state index in [4.69, 9.17) is 10.1 Å². The zero-order valence-electron chi connectivity index (χ0n) is 14.8. The van der Waals surface area contributed by atoms with Gasteiger partial charge in [-0.15, -0.1) is 0 Å². The molecule has 1 aromatic carbocycles. The smallest absolute Gasteiger partial charge is 0.227 e. The van der Waals surface area contributed by atoms with Gasteiger partial charge in [-0.1, -0.05) is 13.8 Å². The molecule has 2 heterocycles. The van der Waals surface area contributed by atoms with Gasteiger partial charge >= 0.3 is 0 Å². The minimum absolute atomic E-state index is 0.132. The number of anilines is 1. The van der Waals surface area contributed by atoms with Crippen LogP contribution in [0.1, 0.15) is 30.8 Å². The van der Waals surface area contributed by atoms with E-state index in [1.165, 1.54) is 19.4 Å². The normalized spacial score (nSPS) is 12.7. The highest BCUT2D eigenvalue weighted by molar-refractivity contribution is 6.16. The highest BCUT2D eigenvalue weighted by Gasteiger charge is 2.18. The number of nitrogens with zero attached hydrogens (tertiary/aromatic N) is 1. The average molecular weight is 352 g/mol. The van der Waals surface area contributed by atoms with Crippen molar-refractivity contribution in [3.63, 3.8) is 0 Å². The maximum absolute atomic E-state index is 12.3. The number of carbonyl (C=O) groups excluding carboxylic acids is 2. The van der Waals surface area contributed by atoms with Crippen LogP contribution in [0, 0.1) is 11.3 Å². The van der Waals surface area contributed by atoms with Crippen LogP contribution in [0.25, 0.3) is 21.8 Å². The number of hydrogen-bond acceptors (Lipinski definition) is 5. The van der Waals surface area contributed by atoms with E-state index in [0.29, 0.717) is 28.8 Å². The Hall–Kier alpha value is -3.22. The van der Waals surface area contributed by atoms with E-state index in [-0.39, 0.29) is 23.0 Å². The summed E-state index contributed by atoms with van der Waals surface area (Å²) in [6.45, 7) is 3.78. The average Bonchev–Trinajstić information content (AvgIpc) is 3.07. The molecule has 0 aliphatic carbocycles. The van der Waals surface area contributed by atoms with Crippen molar-refractivity contribution >= 4 is 39.2 Å². The zero-order chi connectivity index (χ0) is 18.8. The van der Waals surface area contributed by atoms with Crippen LogP contribution in [-0.4, -0.2) is 28.8 Å². The van der Waals surface area contributed by atoms with E-state index in [1.807, 2.05) is 13.8 Å². The molecular weight excluding hydrogens is 332 g/mol. The number of amides is 1. The Balaban J connectivity index is 2.19. The molecule has 2 aromatic heterocycles. The van der Waals surface area contributed by atoms with E-state index < -0.39 is 0 Å². The number of ether oxygens (including phenoxy) is 1. The molecule has 1 amide bonds. The minimum Gasteiger partial charge on any atom is -0.504 e. The van der Waals surface area contributed by atoms with Crippen molar-refractivity contribution in [3.05, 3.63) is 41.7 Å². The Bertz CT molecular complexity index is 1070. The molecule has 0 aliphatic rings. The van der Waals surface area contributed by atoms with Gasteiger partial charge in [0, 0.05) is 29.0 Å². The first-order chi connectivity index (χ1) is 12.5. The van der Waals surface area contributed by atoms with E-state index in [1.54, 1.807) is 18.3 Å². The number of rotatable bonds is 6. The Morgan fingerprint density at radius 1 is 1.42 bits per heavy atom. The number of H-pyrrole nitrogens is 1. The lowest BCUT2D eigenvalue weighted by atomic mass is 10.1. The summed E-state index contributed by atoms with van der Waals surface area (Å²) in [5.74, 6) is -0.553. The topological polar surface area (TPSA) is 108 Å². The first kappa shape index (κ1) is 17.6. The Kier molecular flexibility index (Phi) is 4.71. The largest absolute Gasteiger partial charge is 0.504 e. The molecule has 134 valence electrons. The Labute approximate surface area is 149 Å². The Morgan fingerprint density at radius 3 is 2.88 bits per heavy atom. The van der Waals surface area contributed by atoms with E-state index in [0.717, 1.165) is 10.8 Å². The molecule has 7 nitrogen and oxygen atoms in total. The summed E-state index contributed by atoms with van der Waals surface area (Å²) in [5.41, 5.74) is 1.92. The fourth-order valence-electron chi connectivity index (χ4n) is 2.74. The zero-order valence-corrected chi connectivity index (χ0v) is 14.8. The van der Waals surface area contributed by atoms with Gasteiger partial charge in [-0.3, -0.25) is 20.0 Å². The van der Waals surface area contributed by atoms with Gasteiger partial charge in [-0.05, 0) is 18.6 Å². The molecule has 3 aromatic rings. The molecule has 3 N–H and O–H groups in total. The second-order valence-electron chi connectivity index (χ2n) is 6.17. The number of nitrogens with one attached hydrogen (secondary N) is 3. The molecule has 0 spiro atoms. The predicted octanol–water partition coefficient (Wildman–Crippen LogP) is 2.96. The summed E-state index contributed by atoms with van der Waals surface area (Å²) in [7, 11) is 1.46. The standard InChI is InChI=1S/C19H20N4O3/c1-4-10(2)19(25)23-14-8-12(20)17-16-11(9-21-17)7-13(22-18(14)16)15(24)5-6-26-3/h5-10,20,22H,4H2,1-3H3,(H,23,25)/t10-/m0/s1. The number of allylic oxidation sites excluding steroid dienone is 1. The van der Waals surface area contributed by atoms with Gasteiger partial charge in [0.1, 0.15) is 0 Å². The minimum atomic E-state index is -0.263. The van der Waals surface area contributed by atoms with Crippen molar-refractivity contribution in [2.75, 3.05) is 12.4 Å². The number of aromatic nitrogens is 2. The third-order valence-electron chi connectivity index (χ3n) is 4.42. The number of carbonyl (C=O) groups is 2. The van der Waals surface area contributed by atoms with Gasteiger partial charge < -0.3 is 15.0 Å². The summed E-state index contributed by atoms with van der Waals surface area (Å²) in [6, 6.07) is 3.24. The molecule has 0 unspecified atom stereocenters. The molecule has 26 heavy (non-hydrogen) atoms. The van der Waals surface area contributed by atoms with E-state index in [2.05, 4.69) is 15.3 Å². The van der Waals surface area contributed by atoms with Crippen molar-refractivity contribution in [1.29, 1.82) is 5.41 Å². The fourth-order valence-corrected chi connectivity index (χ4v) is 2.74. The van der Waals surface area contributed by atoms with Crippen LogP contribution in [0.4, 0.5) is 5.69 Å². The van der Waals surface area contributed by atoms with Crippen LogP contribution < -0.4 is 10.7 Å². The number of aromatic amines is 1. The number of methoxy groups -OCH3 is 1. The predicted molar refractivity (Wildman–Crippen MR) is 99.2 cm³/mol. The molecule has 0 saturated carbocycles. The summed E-state index contributed by atoms with van der Waals surface area (Å²) in [6.07, 6.45) is 4.95. The van der Waals surface area contributed by atoms with Crippen LogP contribution in [0.15, 0.2) is 30.7 Å². The molecule has 0 bridgehead atoms. The van der Waals surface area contributed by atoms with Gasteiger partial charge in [0.05, 0.1) is 41.1 Å². The molecule has 7 heteroatoms.